The summed E-state index contributed by atoms with van der Waals surface area (Å²) in [6.07, 6.45) is 7.60. The van der Waals surface area contributed by atoms with Crippen LogP contribution in [0.3, 0.4) is 0 Å². The quantitative estimate of drug-likeness (QED) is 0.533. The van der Waals surface area contributed by atoms with Gasteiger partial charge in [-0.25, -0.2) is 4.98 Å². The highest BCUT2D eigenvalue weighted by atomic mass is 16.5. The molecule has 5 nitrogen and oxygen atoms in total. The molecule has 0 spiro atoms. The first-order valence-electron chi connectivity index (χ1n) is 8.64. The van der Waals surface area contributed by atoms with Gasteiger partial charge in [-0.1, -0.05) is 13.3 Å². The van der Waals surface area contributed by atoms with E-state index >= 15 is 0 Å². The normalized spacial score (nSPS) is 11.0. The van der Waals surface area contributed by atoms with Gasteiger partial charge in [-0.3, -0.25) is 0 Å². The smallest absolute Gasteiger partial charge is 0.140 e. The van der Waals surface area contributed by atoms with Crippen molar-refractivity contribution in [3.63, 3.8) is 0 Å². The maximum Gasteiger partial charge on any atom is 0.140 e. The van der Waals surface area contributed by atoms with E-state index in [0.29, 0.717) is 13.2 Å². The standard InChI is InChI=1S/C20H24N2O3/c1-3-4-12-24-16-7-8-17(19-6-5-13-25-19)18(15-16)20-21-9-10-22(20)11-14-23-2/h5-10,13,15H,3-4,11-12,14H2,1-2H3. The monoisotopic (exact) mass is 340 g/mol. The minimum Gasteiger partial charge on any atom is -0.494 e. The Morgan fingerprint density at radius 2 is 2.08 bits per heavy atom. The second-order valence-corrected chi connectivity index (χ2v) is 5.82. The van der Waals surface area contributed by atoms with Gasteiger partial charge in [0.15, 0.2) is 0 Å². The Balaban J connectivity index is 1.99. The summed E-state index contributed by atoms with van der Waals surface area (Å²) in [6, 6.07) is 9.91. The van der Waals surface area contributed by atoms with Crippen molar-refractivity contribution in [1.29, 1.82) is 0 Å². The van der Waals surface area contributed by atoms with E-state index in [0.717, 1.165) is 47.8 Å². The largest absolute Gasteiger partial charge is 0.494 e. The molecule has 0 atom stereocenters. The van der Waals surface area contributed by atoms with Crippen molar-refractivity contribution in [2.24, 2.45) is 0 Å². The van der Waals surface area contributed by atoms with Gasteiger partial charge in [-0.2, -0.15) is 0 Å². The molecule has 3 aromatic rings. The van der Waals surface area contributed by atoms with E-state index < -0.39 is 0 Å². The number of nitrogens with zero attached hydrogens (tertiary/aromatic N) is 2. The number of ether oxygens (including phenoxy) is 2. The average Bonchev–Trinajstić information content (AvgIpc) is 3.32. The third kappa shape index (κ3) is 4.12. The first kappa shape index (κ1) is 17.3. The summed E-state index contributed by atoms with van der Waals surface area (Å²) in [6.45, 7) is 4.24. The van der Waals surface area contributed by atoms with Crippen LogP contribution in [0.4, 0.5) is 0 Å². The van der Waals surface area contributed by atoms with Gasteiger partial charge >= 0.3 is 0 Å². The van der Waals surface area contributed by atoms with Gasteiger partial charge in [0.25, 0.3) is 0 Å². The fourth-order valence-corrected chi connectivity index (χ4v) is 2.70. The Bertz CT molecular complexity index is 778. The minimum atomic E-state index is 0.631. The molecule has 5 heteroatoms. The lowest BCUT2D eigenvalue weighted by atomic mass is 10.0. The van der Waals surface area contributed by atoms with E-state index in [-0.39, 0.29) is 0 Å². The van der Waals surface area contributed by atoms with Gasteiger partial charge in [0, 0.05) is 37.2 Å². The summed E-state index contributed by atoms with van der Waals surface area (Å²) in [7, 11) is 1.70. The van der Waals surface area contributed by atoms with Gasteiger partial charge in [-0.15, -0.1) is 0 Å². The predicted octanol–water partition coefficient (Wildman–Crippen LogP) is 4.64. The summed E-state index contributed by atoms with van der Waals surface area (Å²) < 4.78 is 18.8. The van der Waals surface area contributed by atoms with Gasteiger partial charge in [-0.05, 0) is 36.8 Å². The van der Waals surface area contributed by atoms with Crippen LogP contribution in [0.1, 0.15) is 19.8 Å². The lowest BCUT2D eigenvalue weighted by Crippen LogP contribution is -2.05. The molecule has 2 heterocycles. The van der Waals surface area contributed by atoms with Crippen LogP contribution >= 0.6 is 0 Å². The number of unbranched alkanes of at least 4 members (excludes halogenated alkanes) is 1. The second kappa shape index (κ2) is 8.53. The third-order valence-electron chi connectivity index (χ3n) is 4.04. The van der Waals surface area contributed by atoms with Crippen LogP contribution in [0.15, 0.2) is 53.4 Å². The zero-order valence-corrected chi connectivity index (χ0v) is 14.8. The summed E-state index contributed by atoms with van der Waals surface area (Å²) >= 11 is 0. The molecule has 1 aromatic carbocycles. The Kier molecular flexibility index (Phi) is 5.90. The van der Waals surface area contributed by atoms with Crippen molar-refractivity contribution in [1.82, 2.24) is 9.55 Å². The van der Waals surface area contributed by atoms with Crippen molar-refractivity contribution < 1.29 is 13.9 Å². The fourth-order valence-electron chi connectivity index (χ4n) is 2.70. The molecule has 0 saturated carbocycles. The molecule has 2 aromatic heterocycles. The van der Waals surface area contributed by atoms with Crippen molar-refractivity contribution in [3.05, 3.63) is 49.0 Å². The SMILES string of the molecule is CCCCOc1ccc(-c2ccco2)c(-c2nccn2CCOC)c1. The Morgan fingerprint density at radius 3 is 2.84 bits per heavy atom. The highest BCUT2D eigenvalue weighted by Gasteiger charge is 2.15. The Labute approximate surface area is 148 Å². The van der Waals surface area contributed by atoms with Gasteiger partial charge in [0.2, 0.25) is 0 Å². The number of imidazole rings is 1. The molecule has 132 valence electrons. The molecule has 0 unspecified atom stereocenters. The summed E-state index contributed by atoms with van der Waals surface area (Å²) in [4.78, 5) is 4.56. The molecule has 0 aliphatic carbocycles. The van der Waals surface area contributed by atoms with E-state index in [9.17, 15) is 0 Å². The number of benzene rings is 1. The molecule has 25 heavy (non-hydrogen) atoms. The zero-order chi connectivity index (χ0) is 17.5. The lowest BCUT2D eigenvalue weighted by molar-refractivity contribution is 0.187. The molecule has 0 radical (unpaired) electrons. The predicted molar refractivity (Wildman–Crippen MR) is 97.6 cm³/mol. The molecule has 3 rings (SSSR count). The number of aromatic nitrogens is 2. The lowest BCUT2D eigenvalue weighted by Gasteiger charge is -2.13. The number of hydrogen-bond acceptors (Lipinski definition) is 4. The van der Waals surface area contributed by atoms with E-state index in [1.807, 2.05) is 42.7 Å². The first-order valence-corrected chi connectivity index (χ1v) is 8.64. The van der Waals surface area contributed by atoms with Crippen LogP contribution in [-0.2, 0) is 11.3 Å². The molecule has 0 amide bonds. The number of hydrogen-bond donors (Lipinski definition) is 0. The van der Waals surface area contributed by atoms with Crippen molar-refractivity contribution in [2.45, 2.75) is 26.3 Å². The summed E-state index contributed by atoms with van der Waals surface area (Å²) in [5, 5.41) is 0. The zero-order valence-electron chi connectivity index (χ0n) is 14.8. The molecule has 0 saturated heterocycles. The number of rotatable bonds is 9. The summed E-state index contributed by atoms with van der Waals surface area (Å²) in [5.41, 5.74) is 1.99. The van der Waals surface area contributed by atoms with Crippen LogP contribution in [0.25, 0.3) is 22.7 Å². The van der Waals surface area contributed by atoms with E-state index in [1.165, 1.54) is 0 Å². The second-order valence-electron chi connectivity index (χ2n) is 5.82. The fraction of sp³-hybridized carbons (Fsp3) is 0.350. The molecule has 0 bridgehead atoms. The van der Waals surface area contributed by atoms with E-state index in [4.69, 9.17) is 13.9 Å². The maximum atomic E-state index is 5.89. The van der Waals surface area contributed by atoms with E-state index in [2.05, 4.69) is 16.5 Å². The summed E-state index contributed by atoms with van der Waals surface area (Å²) in [5.74, 6) is 2.54. The minimum absolute atomic E-state index is 0.631. The van der Waals surface area contributed by atoms with Crippen molar-refractivity contribution in [2.75, 3.05) is 20.3 Å². The molecule has 0 aliphatic rings. The maximum absolute atomic E-state index is 5.89. The van der Waals surface area contributed by atoms with Gasteiger partial charge in [0.1, 0.15) is 17.3 Å². The number of methoxy groups -OCH3 is 1. The van der Waals surface area contributed by atoms with Crippen molar-refractivity contribution >= 4 is 0 Å². The molecular formula is C20H24N2O3. The molecular weight excluding hydrogens is 316 g/mol. The topological polar surface area (TPSA) is 49.4 Å². The third-order valence-corrected chi connectivity index (χ3v) is 4.04. The van der Waals surface area contributed by atoms with Crippen LogP contribution in [-0.4, -0.2) is 29.9 Å². The Morgan fingerprint density at radius 1 is 1.16 bits per heavy atom. The van der Waals surface area contributed by atoms with Crippen LogP contribution < -0.4 is 4.74 Å². The molecule has 0 aliphatic heterocycles. The molecule has 0 fully saturated rings. The van der Waals surface area contributed by atoms with Crippen LogP contribution in [0.2, 0.25) is 0 Å². The number of furan rings is 1. The van der Waals surface area contributed by atoms with Crippen molar-refractivity contribution in [3.8, 4) is 28.5 Å². The van der Waals surface area contributed by atoms with Gasteiger partial charge in [0.05, 0.1) is 19.5 Å². The van der Waals surface area contributed by atoms with Crippen LogP contribution in [0, 0.1) is 0 Å². The van der Waals surface area contributed by atoms with Crippen LogP contribution in [0.5, 0.6) is 5.75 Å². The highest BCUT2D eigenvalue weighted by Crippen LogP contribution is 2.34. The first-order chi connectivity index (χ1) is 12.3. The van der Waals surface area contributed by atoms with E-state index in [1.54, 1.807) is 13.4 Å². The highest BCUT2D eigenvalue weighted by molar-refractivity contribution is 5.79. The average molecular weight is 340 g/mol. The molecule has 0 N–H and O–H groups in total. The Hall–Kier alpha value is -2.53. The van der Waals surface area contributed by atoms with Gasteiger partial charge < -0.3 is 18.5 Å².